The predicted molar refractivity (Wildman–Crippen MR) is 55.4 cm³/mol. The fourth-order valence-corrected chi connectivity index (χ4v) is 1.10. The highest BCUT2D eigenvalue weighted by Crippen LogP contribution is 2.15. The Labute approximate surface area is 84.1 Å². The lowest BCUT2D eigenvalue weighted by Gasteiger charge is -2.07. The Kier molecular flexibility index (Phi) is 3.98. The average Bonchev–Trinajstić information content (AvgIpc) is 2.20. The molecule has 1 rings (SSSR count). The third-order valence-electron chi connectivity index (χ3n) is 1.96. The number of rotatable bonds is 4. The third-order valence-corrected chi connectivity index (χ3v) is 1.96. The number of carbonyl (C=O) groups excluding carboxylic acids is 1. The van der Waals surface area contributed by atoms with E-state index in [4.69, 9.17) is 4.74 Å². The van der Waals surface area contributed by atoms with Crippen LogP contribution in [0.2, 0.25) is 0 Å². The maximum atomic E-state index is 10.9. The van der Waals surface area contributed by atoms with Crippen molar-refractivity contribution in [3.63, 3.8) is 0 Å². The van der Waals surface area contributed by atoms with Crippen LogP contribution in [0.5, 0.6) is 5.75 Å². The second kappa shape index (κ2) is 5.27. The van der Waals surface area contributed by atoms with Crippen LogP contribution in [0.1, 0.15) is 12.0 Å². The SMILES string of the molecule is CNC(=O)CCOc1ccccc1C. The molecule has 0 unspecified atom stereocenters. The monoisotopic (exact) mass is 193 g/mol. The highest BCUT2D eigenvalue weighted by molar-refractivity contribution is 5.75. The first-order valence-corrected chi connectivity index (χ1v) is 4.63. The number of hydrogen-bond donors (Lipinski definition) is 1. The number of aryl methyl sites for hydroxylation is 1. The van der Waals surface area contributed by atoms with Crippen molar-refractivity contribution in [2.45, 2.75) is 13.3 Å². The van der Waals surface area contributed by atoms with Gasteiger partial charge in [-0.3, -0.25) is 4.79 Å². The van der Waals surface area contributed by atoms with Crippen molar-refractivity contribution in [1.29, 1.82) is 0 Å². The first kappa shape index (κ1) is 10.6. The van der Waals surface area contributed by atoms with E-state index in [1.807, 2.05) is 31.2 Å². The van der Waals surface area contributed by atoms with Crippen molar-refractivity contribution in [3.05, 3.63) is 29.8 Å². The van der Waals surface area contributed by atoms with E-state index in [0.29, 0.717) is 13.0 Å². The third kappa shape index (κ3) is 3.09. The molecule has 3 nitrogen and oxygen atoms in total. The van der Waals surface area contributed by atoms with Crippen LogP contribution >= 0.6 is 0 Å². The van der Waals surface area contributed by atoms with Crippen molar-refractivity contribution in [2.75, 3.05) is 13.7 Å². The van der Waals surface area contributed by atoms with Crippen molar-refractivity contribution >= 4 is 5.91 Å². The van der Waals surface area contributed by atoms with Crippen LogP contribution in [0.25, 0.3) is 0 Å². The molecule has 0 saturated heterocycles. The zero-order valence-corrected chi connectivity index (χ0v) is 8.54. The molecule has 3 heteroatoms. The van der Waals surface area contributed by atoms with Crippen molar-refractivity contribution < 1.29 is 9.53 Å². The lowest BCUT2D eigenvalue weighted by molar-refractivity contribution is -0.121. The molecule has 76 valence electrons. The summed E-state index contributed by atoms with van der Waals surface area (Å²) in [4.78, 5) is 10.9. The number of nitrogens with one attached hydrogen (secondary N) is 1. The van der Waals surface area contributed by atoms with Crippen LogP contribution in [0.4, 0.5) is 0 Å². The second-order valence-electron chi connectivity index (χ2n) is 3.04. The fraction of sp³-hybridized carbons (Fsp3) is 0.364. The minimum atomic E-state index is -0.00131. The first-order valence-electron chi connectivity index (χ1n) is 4.63. The maximum absolute atomic E-state index is 10.9. The summed E-state index contributed by atoms with van der Waals surface area (Å²) in [5, 5.41) is 2.55. The van der Waals surface area contributed by atoms with Crippen LogP contribution in [0, 0.1) is 6.92 Å². The van der Waals surface area contributed by atoms with Gasteiger partial charge < -0.3 is 10.1 Å². The number of ether oxygens (including phenoxy) is 1. The van der Waals surface area contributed by atoms with E-state index in [9.17, 15) is 4.79 Å². The number of amides is 1. The summed E-state index contributed by atoms with van der Waals surface area (Å²) in [6.07, 6.45) is 0.394. The lowest BCUT2D eigenvalue weighted by Crippen LogP contribution is -2.20. The molecular formula is C11H15NO2. The van der Waals surface area contributed by atoms with E-state index >= 15 is 0 Å². The summed E-state index contributed by atoms with van der Waals surface area (Å²) < 4.78 is 5.45. The predicted octanol–water partition coefficient (Wildman–Crippen LogP) is 1.51. The molecule has 1 N–H and O–H groups in total. The highest BCUT2D eigenvalue weighted by atomic mass is 16.5. The number of para-hydroxylation sites is 1. The largest absolute Gasteiger partial charge is 0.493 e. The molecule has 0 fully saturated rings. The van der Waals surface area contributed by atoms with Crippen molar-refractivity contribution in [1.82, 2.24) is 5.32 Å². The second-order valence-corrected chi connectivity index (χ2v) is 3.04. The Balaban J connectivity index is 2.39. The van der Waals surface area contributed by atoms with Gasteiger partial charge in [-0.2, -0.15) is 0 Å². The van der Waals surface area contributed by atoms with Crippen LogP contribution in [0.15, 0.2) is 24.3 Å². The Morgan fingerprint density at radius 2 is 2.14 bits per heavy atom. The molecular weight excluding hydrogens is 178 g/mol. The van der Waals surface area contributed by atoms with Gasteiger partial charge in [0.1, 0.15) is 5.75 Å². The molecule has 0 spiro atoms. The molecule has 1 amide bonds. The molecule has 0 aliphatic heterocycles. The first-order chi connectivity index (χ1) is 6.74. The fourth-order valence-electron chi connectivity index (χ4n) is 1.10. The summed E-state index contributed by atoms with van der Waals surface area (Å²) in [6, 6.07) is 7.76. The van der Waals surface area contributed by atoms with Gasteiger partial charge in [0, 0.05) is 7.05 Å². The van der Waals surface area contributed by atoms with Gasteiger partial charge in [-0.25, -0.2) is 0 Å². The summed E-state index contributed by atoms with van der Waals surface area (Å²) in [5.41, 5.74) is 1.09. The molecule has 0 aromatic heterocycles. The molecule has 14 heavy (non-hydrogen) atoms. The van der Waals surface area contributed by atoms with Gasteiger partial charge >= 0.3 is 0 Å². The van der Waals surface area contributed by atoms with Gasteiger partial charge in [-0.05, 0) is 18.6 Å². The van der Waals surface area contributed by atoms with Crippen LogP contribution < -0.4 is 10.1 Å². The maximum Gasteiger partial charge on any atom is 0.223 e. The molecule has 0 bridgehead atoms. The Morgan fingerprint density at radius 3 is 2.79 bits per heavy atom. The van der Waals surface area contributed by atoms with Gasteiger partial charge in [0.2, 0.25) is 5.91 Å². The van der Waals surface area contributed by atoms with E-state index in [0.717, 1.165) is 11.3 Å². The summed E-state index contributed by atoms with van der Waals surface area (Å²) in [7, 11) is 1.62. The number of benzene rings is 1. The molecule has 0 atom stereocenters. The van der Waals surface area contributed by atoms with Crippen LogP contribution in [-0.2, 0) is 4.79 Å². The zero-order chi connectivity index (χ0) is 10.4. The summed E-state index contributed by atoms with van der Waals surface area (Å²) in [6.45, 7) is 2.40. The van der Waals surface area contributed by atoms with Crippen molar-refractivity contribution in [3.8, 4) is 5.75 Å². The summed E-state index contributed by atoms with van der Waals surface area (Å²) >= 11 is 0. The number of carbonyl (C=O) groups is 1. The molecule has 0 aliphatic carbocycles. The molecule has 0 aliphatic rings. The zero-order valence-electron chi connectivity index (χ0n) is 8.54. The molecule has 0 heterocycles. The van der Waals surface area contributed by atoms with Gasteiger partial charge in [-0.1, -0.05) is 18.2 Å². The summed E-state index contributed by atoms with van der Waals surface area (Å²) in [5.74, 6) is 0.843. The van der Waals surface area contributed by atoms with Crippen LogP contribution in [0.3, 0.4) is 0 Å². The topological polar surface area (TPSA) is 38.3 Å². The van der Waals surface area contributed by atoms with Crippen molar-refractivity contribution in [2.24, 2.45) is 0 Å². The Morgan fingerprint density at radius 1 is 1.43 bits per heavy atom. The van der Waals surface area contributed by atoms with Gasteiger partial charge in [-0.15, -0.1) is 0 Å². The van der Waals surface area contributed by atoms with E-state index in [1.54, 1.807) is 7.05 Å². The van der Waals surface area contributed by atoms with Gasteiger partial charge in [0.15, 0.2) is 0 Å². The Bertz CT molecular complexity index is 310. The molecule has 0 radical (unpaired) electrons. The minimum Gasteiger partial charge on any atom is -0.493 e. The van der Waals surface area contributed by atoms with E-state index in [2.05, 4.69) is 5.32 Å². The normalized spacial score (nSPS) is 9.57. The Hall–Kier alpha value is -1.51. The lowest BCUT2D eigenvalue weighted by atomic mass is 10.2. The number of hydrogen-bond acceptors (Lipinski definition) is 2. The van der Waals surface area contributed by atoms with E-state index in [1.165, 1.54) is 0 Å². The smallest absolute Gasteiger partial charge is 0.223 e. The highest BCUT2D eigenvalue weighted by Gasteiger charge is 2.00. The van der Waals surface area contributed by atoms with Crippen LogP contribution in [-0.4, -0.2) is 19.6 Å². The molecule has 1 aromatic carbocycles. The molecule has 1 aromatic rings. The minimum absolute atomic E-state index is 0.00131. The quantitative estimate of drug-likeness (QED) is 0.787. The van der Waals surface area contributed by atoms with E-state index in [-0.39, 0.29) is 5.91 Å². The average molecular weight is 193 g/mol. The van der Waals surface area contributed by atoms with Gasteiger partial charge in [0.05, 0.1) is 13.0 Å². The van der Waals surface area contributed by atoms with Gasteiger partial charge in [0.25, 0.3) is 0 Å². The molecule has 0 saturated carbocycles. The standard InChI is InChI=1S/C11H15NO2/c1-9-5-3-4-6-10(9)14-8-7-11(13)12-2/h3-6H,7-8H2,1-2H3,(H,12,13). The van der Waals surface area contributed by atoms with E-state index < -0.39 is 0 Å².